The number of rotatable bonds is 4. The average Bonchev–Trinajstić information content (AvgIpc) is 3.01. The van der Waals surface area contributed by atoms with E-state index in [1.54, 1.807) is 11.3 Å². The predicted octanol–water partition coefficient (Wildman–Crippen LogP) is 3.50. The summed E-state index contributed by atoms with van der Waals surface area (Å²) in [4.78, 5) is 18.7. The molecule has 1 aromatic heterocycles. The first-order valence-corrected chi connectivity index (χ1v) is 9.36. The van der Waals surface area contributed by atoms with Gasteiger partial charge in [0.2, 0.25) is 0 Å². The molecule has 128 valence electrons. The highest BCUT2D eigenvalue weighted by atomic mass is 32.1. The molecule has 0 radical (unpaired) electrons. The van der Waals surface area contributed by atoms with E-state index in [9.17, 15) is 4.79 Å². The third kappa shape index (κ3) is 4.44. The smallest absolute Gasteiger partial charge is 0.410 e. The summed E-state index contributed by atoms with van der Waals surface area (Å²) in [6.07, 6.45) is 3.33. The van der Waals surface area contributed by atoms with Gasteiger partial charge in [0.15, 0.2) is 0 Å². The minimum Gasteiger partial charge on any atom is -0.444 e. The molecule has 0 unspecified atom stereocenters. The number of carbonyl (C=O) groups is 1. The van der Waals surface area contributed by atoms with Crippen molar-refractivity contribution in [3.63, 3.8) is 0 Å². The van der Waals surface area contributed by atoms with Gasteiger partial charge in [-0.3, -0.25) is 0 Å². The molecule has 0 aromatic carbocycles. The second-order valence-corrected chi connectivity index (χ2v) is 8.61. The van der Waals surface area contributed by atoms with E-state index in [0.717, 1.165) is 25.2 Å². The normalized spacial score (nSPS) is 23.1. The Labute approximate surface area is 142 Å². The largest absolute Gasteiger partial charge is 0.444 e. The minimum atomic E-state index is -0.433. The zero-order valence-electron chi connectivity index (χ0n) is 14.5. The van der Waals surface area contributed by atoms with Gasteiger partial charge in [0.25, 0.3) is 0 Å². The number of thiazole rings is 1. The lowest BCUT2D eigenvalue weighted by atomic mass is 10.1. The van der Waals surface area contributed by atoms with Crippen molar-refractivity contribution in [3.05, 3.63) is 16.1 Å². The first-order valence-electron chi connectivity index (χ1n) is 8.48. The van der Waals surface area contributed by atoms with Crippen LogP contribution in [0.1, 0.15) is 56.8 Å². The molecule has 0 spiro atoms. The molecular formula is C17H27N3O2S. The van der Waals surface area contributed by atoms with Gasteiger partial charge in [0.05, 0.1) is 6.04 Å². The zero-order chi connectivity index (χ0) is 16.6. The van der Waals surface area contributed by atoms with E-state index in [-0.39, 0.29) is 6.09 Å². The summed E-state index contributed by atoms with van der Waals surface area (Å²) >= 11 is 1.75. The van der Waals surface area contributed by atoms with E-state index in [1.165, 1.54) is 17.8 Å². The van der Waals surface area contributed by atoms with Gasteiger partial charge in [-0.05, 0) is 52.9 Å². The highest BCUT2D eigenvalue weighted by molar-refractivity contribution is 7.09. The first-order chi connectivity index (χ1) is 10.8. The molecule has 6 heteroatoms. The minimum absolute atomic E-state index is 0.199. The second kappa shape index (κ2) is 6.40. The molecule has 2 fully saturated rings. The van der Waals surface area contributed by atoms with Gasteiger partial charge in [0.1, 0.15) is 10.6 Å². The fourth-order valence-electron chi connectivity index (χ4n) is 3.00. The highest BCUT2D eigenvalue weighted by Gasteiger charge is 2.37. The van der Waals surface area contributed by atoms with E-state index in [1.807, 2.05) is 32.6 Å². The van der Waals surface area contributed by atoms with E-state index in [2.05, 4.69) is 15.7 Å². The van der Waals surface area contributed by atoms with Crippen LogP contribution in [0.15, 0.2) is 5.38 Å². The van der Waals surface area contributed by atoms with Crippen molar-refractivity contribution in [2.75, 3.05) is 13.1 Å². The molecule has 1 aromatic rings. The van der Waals surface area contributed by atoms with E-state index >= 15 is 0 Å². The SMILES string of the molecule is Cc1csc([C@H](N[C@@H]2CCN(C(=O)OC(C)(C)C)C2)C2CC2)n1. The maximum absolute atomic E-state index is 12.2. The number of aryl methyl sites for hydroxylation is 1. The summed E-state index contributed by atoms with van der Waals surface area (Å²) in [6, 6.07) is 0.676. The van der Waals surface area contributed by atoms with Crippen LogP contribution >= 0.6 is 11.3 Å². The predicted molar refractivity (Wildman–Crippen MR) is 91.7 cm³/mol. The number of hydrogen-bond donors (Lipinski definition) is 1. The summed E-state index contributed by atoms with van der Waals surface area (Å²) in [7, 11) is 0. The maximum Gasteiger partial charge on any atom is 0.410 e. The average molecular weight is 337 g/mol. The highest BCUT2D eigenvalue weighted by Crippen LogP contribution is 2.42. The Kier molecular flexibility index (Phi) is 4.65. The lowest BCUT2D eigenvalue weighted by Crippen LogP contribution is -2.39. The number of amides is 1. The summed E-state index contributed by atoms with van der Waals surface area (Å²) in [5.41, 5.74) is 0.664. The Balaban J connectivity index is 1.57. The lowest BCUT2D eigenvalue weighted by molar-refractivity contribution is 0.0290. The number of nitrogens with one attached hydrogen (secondary N) is 1. The molecule has 5 nitrogen and oxygen atoms in total. The van der Waals surface area contributed by atoms with Crippen LogP contribution in [-0.4, -0.2) is 40.7 Å². The summed E-state index contributed by atoms with van der Waals surface area (Å²) in [6.45, 7) is 9.26. The topological polar surface area (TPSA) is 54.5 Å². The number of carbonyl (C=O) groups excluding carboxylic acids is 1. The number of likely N-dealkylation sites (tertiary alicyclic amines) is 1. The molecule has 1 amide bonds. The quantitative estimate of drug-likeness (QED) is 0.913. The van der Waals surface area contributed by atoms with Crippen LogP contribution in [0.2, 0.25) is 0 Å². The van der Waals surface area contributed by atoms with Crippen molar-refractivity contribution < 1.29 is 9.53 Å². The van der Waals surface area contributed by atoms with Gasteiger partial charge in [-0.1, -0.05) is 0 Å². The lowest BCUT2D eigenvalue weighted by Gasteiger charge is -2.25. The van der Waals surface area contributed by atoms with E-state index in [4.69, 9.17) is 4.74 Å². The number of aromatic nitrogens is 1. The molecule has 2 aliphatic rings. The van der Waals surface area contributed by atoms with Gasteiger partial charge >= 0.3 is 6.09 Å². The maximum atomic E-state index is 12.2. The first kappa shape index (κ1) is 16.7. The molecular weight excluding hydrogens is 310 g/mol. The number of nitrogens with zero attached hydrogens (tertiary/aromatic N) is 2. The van der Waals surface area contributed by atoms with Crippen molar-refractivity contribution in [2.45, 2.75) is 64.6 Å². The molecule has 1 aliphatic heterocycles. The van der Waals surface area contributed by atoms with Gasteiger partial charge in [-0.25, -0.2) is 9.78 Å². The second-order valence-electron chi connectivity index (χ2n) is 7.72. The van der Waals surface area contributed by atoms with Crippen LogP contribution < -0.4 is 5.32 Å². The van der Waals surface area contributed by atoms with Crippen molar-refractivity contribution in [3.8, 4) is 0 Å². The van der Waals surface area contributed by atoms with Crippen LogP contribution in [0.25, 0.3) is 0 Å². The van der Waals surface area contributed by atoms with Crippen molar-refractivity contribution in [1.29, 1.82) is 0 Å². The van der Waals surface area contributed by atoms with Gasteiger partial charge < -0.3 is 15.0 Å². The zero-order valence-corrected chi connectivity index (χ0v) is 15.3. The van der Waals surface area contributed by atoms with Gasteiger partial charge in [-0.2, -0.15) is 0 Å². The Morgan fingerprint density at radius 1 is 1.43 bits per heavy atom. The van der Waals surface area contributed by atoms with Crippen LogP contribution in [0.3, 0.4) is 0 Å². The van der Waals surface area contributed by atoms with Crippen molar-refractivity contribution in [2.24, 2.45) is 5.92 Å². The van der Waals surface area contributed by atoms with Gasteiger partial charge in [0, 0.05) is 30.2 Å². The molecule has 1 saturated carbocycles. The molecule has 2 heterocycles. The molecule has 0 bridgehead atoms. The molecule has 1 saturated heterocycles. The number of hydrogen-bond acceptors (Lipinski definition) is 5. The van der Waals surface area contributed by atoms with Gasteiger partial charge in [-0.15, -0.1) is 11.3 Å². The molecule has 23 heavy (non-hydrogen) atoms. The van der Waals surface area contributed by atoms with Crippen molar-refractivity contribution >= 4 is 17.4 Å². The summed E-state index contributed by atoms with van der Waals surface area (Å²) in [5, 5.41) is 7.07. The Hall–Kier alpha value is -1.14. The molecule has 1 aliphatic carbocycles. The van der Waals surface area contributed by atoms with Crippen LogP contribution in [-0.2, 0) is 4.74 Å². The Morgan fingerprint density at radius 2 is 2.17 bits per heavy atom. The molecule has 1 N–H and O–H groups in total. The molecule has 3 rings (SSSR count). The fraction of sp³-hybridized carbons (Fsp3) is 0.765. The number of ether oxygens (including phenoxy) is 1. The standard InChI is InChI=1S/C17H27N3O2S/c1-11-10-23-15(18-11)14(12-5-6-12)19-13-7-8-20(9-13)16(21)22-17(2,3)4/h10,12-14,19H,5-9H2,1-4H3/t13-,14-/m1/s1. The monoisotopic (exact) mass is 337 g/mol. The summed E-state index contributed by atoms with van der Waals surface area (Å²) in [5.74, 6) is 0.705. The van der Waals surface area contributed by atoms with E-state index in [0.29, 0.717) is 18.0 Å². The molecule has 2 atom stereocenters. The third-order valence-corrected chi connectivity index (χ3v) is 5.30. The van der Waals surface area contributed by atoms with Crippen LogP contribution in [0.5, 0.6) is 0 Å². The van der Waals surface area contributed by atoms with Crippen molar-refractivity contribution in [1.82, 2.24) is 15.2 Å². The van der Waals surface area contributed by atoms with Crippen LogP contribution in [0, 0.1) is 12.8 Å². The Bertz CT molecular complexity index is 562. The van der Waals surface area contributed by atoms with Crippen LogP contribution in [0.4, 0.5) is 4.79 Å². The fourth-order valence-corrected chi connectivity index (χ4v) is 3.94. The Morgan fingerprint density at radius 3 is 2.74 bits per heavy atom. The van der Waals surface area contributed by atoms with E-state index < -0.39 is 5.60 Å². The third-order valence-electron chi connectivity index (χ3n) is 4.25. The summed E-state index contributed by atoms with van der Waals surface area (Å²) < 4.78 is 5.47.